The van der Waals surface area contributed by atoms with Crippen LogP contribution in [0.1, 0.15) is 46.8 Å². The van der Waals surface area contributed by atoms with Gasteiger partial charge in [0.25, 0.3) is 5.91 Å². The molecule has 4 nitrogen and oxygen atoms in total. The van der Waals surface area contributed by atoms with E-state index >= 15 is 0 Å². The molecular weight excluding hydrogens is 344 g/mol. The fraction of sp³-hybridized carbons (Fsp3) is 0.500. The van der Waals surface area contributed by atoms with E-state index in [0.29, 0.717) is 18.4 Å². The van der Waals surface area contributed by atoms with Gasteiger partial charge < -0.3 is 16.2 Å². The predicted molar refractivity (Wildman–Crippen MR) is 102 cm³/mol. The molecule has 0 aliphatic heterocycles. The smallest absolute Gasteiger partial charge is 0.261 e. The molecule has 2 aromatic rings. The summed E-state index contributed by atoms with van der Waals surface area (Å²) in [6.45, 7) is 1.03. The maximum Gasteiger partial charge on any atom is 0.261 e. The van der Waals surface area contributed by atoms with E-state index in [9.17, 15) is 4.79 Å². The highest BCUT2D eigenvalue weighted by atomic mass is 35.5. The first-order valence-electron chi connectivity index (χ1n) is 8.35. The molecule has 1 fully saturated rings. The first kappa shape index (κ1) is 19.2. The predicted octanol–water partition coefficient (Wildman–Crippen LogP) is 3.28. The van der Waals surface area contributed by atoms with E-state index in [4.69, 9.17) is 10.8 Å². The summed E-state index contributed by atoms with van der Waals surface area (Å²) in [5, 5.41) is 13.0. The Morgan fingerprint density at radius 2 is 1.96 bits per heavy atom. The molecule has 4 N–H and O–H groups in total. The molecule has 1 heterocycles. The maximum absolute atomic E-state index is 12.5. The Kier molecular flexibility index (Phi) is 7.04. The second-order valence-electron chi connectivity index (χ2n) is 6.27. The van der Waals surface area contributed by atoms with Gasteiger partial charge in [0.15, 0.2) is 0 Å². The van der Waals surface area contributed by atoms with Crippen LogP contribution in [0.3, 0.4) is 0 Å². The number of amides is 1. The third-order valence-corrected chi connectivity index (χ3v) is 6.01. The van der Waals surface area contributed by atoms with Gasteiger partial charge in [0.2, 0.25) is 0 Å². The second-order valence-corrected chi connectivity index (χ2v) is 7.33. The van der Waals surface area contributed by atoms with Crippen molar-refractivity contribution in [3.8, 4) is 0 Å². The van der Waals surface area contributed by atoms with E-state index in [1.807, 2.05) is 12.1 Å². The molecule has 1 saturated carbocycles. The number of hydrogen-bond acceptors (Lipinski definition) is 4. The van der Waals surface area contributed by atoms with Crippen molar-refractivity contribution in [2.24, 2.45) is 11.7 Å². The highest BCUT2D eigenvalue weighted by Crippen LogP contribution is 2.43. The Balaban J connectivity index is 0.00000208. The number of nitrogens with two attached hydrogens (primary N) is 1. The monoisotopic (exact) mass is 368 g/mol. The first-order chi connectivity index (χ1) is 11.2. The molecule has 1 aromatic carbocycles. The lowest BCUT2D eigenvalue weighted by molar-refractivity contribution is 0.0947. The Morgan fingerprint density at radius 1 is 1.25 bits per heavy atom. The van der Waals surface area contributed by atoms with Crippen molar-refractivity contribution < 1.29 is 9.90 Å². The van der Waals surface area contributed by atoms with Crippen molar-refractivity contribution in [2.45, 2.75) is 31.6 Å². The van der Waals surface area contributed by atoms with Gasteiger partial charge in [-0.3, -0.25) is 4.79 Å². The average Bonchev–Trinajstić information content (AvgIpc) is 2.99. The molecule has 1 aromatic heterocycles. The number of thiophene rings is 1. The van der Waals surface area contributed by atoms with Crippen LogP contribution in [0.4, 0.5) is 0 Å². The van der Waals surface area contributed by atoms with Gasteiger partial charge in [-0.25, -0.2) is 0 Å². The summed E-state index contributed by atoms with van der Waals surface area (Å²) in [6.07, 6.45) is 4.48. The van der Waals surface area contributed by atoms with Crippen molar-refractivity contribution in [1.29, 1.82) is 0 Å². The standard InChI is InChI=1S/C18H24N2O2S.ClH/c19-11-12-5-7-13(8-6-12)16-14-3-1-2-4-15(14)23-17(16)18(22)20-9-10-21;/h1-4,12-13,21H,5-11,19H2,(H,20,22);1H. The number of carbonyl (C=O) groups excluding carboxylic acids is 1. The number of aliphatic hydroxyl groups excluding tert-OH is 1. The Bertz CT molecular complexity index is 681. The molecular formula is C18H25ClN2O2S. The van der Waals surface area contributed by atoms with E-state index < -0.39 is 0 Å². The van der Waals surface area contributed by atoms with Crippen molar-refractivity contribution in [1.82, 2.24) is 5.32 Å². The zero-order chi connectivity index (χ0) is 16.2. The molecule has 0 saturated heterocycles. The van der Waals surface area contributed by atoms with Gasteiger partial charge in [0, 0.05) is 11.2 Å². The van der Waals surface area contributed by atoms with Crippen LogP contribution in [0, 0.1) is 5.92 Å². The average molecular weight is 369 g/mol. The zero-order valence-electron chi connectivity index (χ0n) is 13.7. The zero-order valence-corrected chi connectivity index (χ0v) is 15.3. The van der Waals surface area contributed by atoms with Gasteiger partial charge >= 0.3 is 0 Å². The summed E-state index contributed by atoms with van der Waals surface area (Å²) < 4.78 is 1.16. The van der Waals surface area contributed by atoms with Crippen LogP contribution in [0.25, 0.3) is 10.1 Å². The molecule has 0 radical (unpaired) electrons. The largest absolute Gasteiger partial charge is 0.395 e. The van der Waals surface area contributed by atoms with Gasteiger partial charge in [-0.15, -0.1) is 23.7 Å². The van der Waals surface area contributed by atoms with Crippen LogP contribution in [-0.4, -0.2) is 30.7 Å². The van der Waals surface area contributed by atoms with E-state index in [1.165, 1.54) is 10.9 Å². The number of halogens is 1. The normalized spacial score (nSPS) is 20.6. The van der Waals surface area contributed by atoms with Gasteiger partial charge in [0.1, 0.15) is 0 Å². The number of hydrogen-bond donors (Lipinski definition) is 3. The fourth-order valence-corrected chi connectivity index (χ4v) is 4.78. The number of rotatable bonds is 5. The van der Waals surface area contributed by atoms with Crippen LogP contribution in [0.2, 0.25) is 0 Å². The minimum absolute atomic E-state index is 0. The van der Waals surface area contributed by atoms with Crippen LogP contribution in [-0.2, 0) is 0 Å². The van der Waals surface area contributed by atoms with Crippen LogP contribution >= 0.6 is 23.7 Å². The van der Waals surface area contributed by atoms with Gasteiger partial charge in [-0.05, 0) is 61.1 Å². The summed E-state index contributed by atoms with van der Waals surface area (Å²) in [5.41, 5.74) is 7.01. The lowest BCUT2D eigenvalue weighted by Crippen LogP contribution is -2.27. The number of benzene rings is 1. The van der Waals surface area contributed by atoms with E-state index in [1.54, 1.807) is 11.3 Å². The Labute approximate surface area is 152 Å². The van der Waals surface area contributed by atoms with Gasteiger partial charge in [0.05, 0.1) is 11.5 Å². The molecule has 132 valence electrons. The summed E-state index contributed by atoms with van der Waals surface area (Å²) in [6, 6.07) is 8.26. The minimum Gasteiger partial charge on any atom is -0.395 e. The van der Waals surface area contributed by atoms with Crippen LogP contribution in [0.15, 0.2) is 24.3 Å². The molecule has 0 unspecified atom stereocenters. The molecule has 1 amide bonds. The second kappa shape index (κ2) is 8.81. The molecule has 0 bridgehead atoms. The lowest BCUT2D eigenvalue weighted by atomic mass is 9.78. The van der Waals surface area contributed by atoms with E-state index in [0.717, 1.165) is 41.8 Å². The van der Waals surface area contributed by atoms with Crippen molar-refractivity contribution in [3.63, 3.8) is 0 Å². The third kappa shape index (κ3) is 3.91. The van der Waals surface area contributed by atoms with Crippen LogP contribution in [0.5, 0.6) is 0 Å². The number of aliphatic hydroxyl groups is 1. The quantitative estimate of drug-likeness (QED) is 0.758. The van der Waals surface area contributed by atoms with E-state index in [2.05, 4.69) is 17.4 Å². The first-order valence-corrected chi connectivity index (χ1v) is 9.16. The van der Waals surface area contributed by atoms with Crippen molar-refractivity contribution in [2.75, 3.05) is 19.7 Å². The summed E-state index contributed by atoms with van der Waals surface area (Å²) >= 11 is 1.56. The number of carbonyl (C=O) groups is 1. The maximum atomic E-state index is 12.5. The molecule has 1 aliphatic carbocycles. The SMILES string of the molecule is Cl.NCC1CCC(c2c(C(=O)NCCO)sc3ccccc23)CC1. The van der Waals surface area contributed by atoms with E-state index in [-0.39, 0.29) is 24.9 Å². The fourth-order valence-electron chi connectivity index (χ4n) is 3.58. The summed E-state index contributed by atoms with van der Waals surface area (Å²) in [7, 11) is 0. The highest BCUT2D eigenvalue weighted by molar-refractivity contribution is 7.21. The molecule has 0 spiro atoms. The molecule has 1 aliphatic rings. The minimum atomic E-state index is -0.0591. The molecule has 0 atom stereocenters. The molecule has 3 rings (SSSR count). The Hall–Kier alpha value is -1.14. The number of nitrogens with one attached hydrogen (secondary N) is 1. The summed E-state index contributed by atoms with van der Waals surface area (Å²) in [5.74, 6) is 1.00. The van der Waals surface area contributed by atoms with Crippen molar-refractivity contribution >= 4 is 39.7 Å². The van der Waals surface area contributed by atoms with Gasteiger partial charge in [-0.2, -0.15) is 0 Å². The topological polar surface area (TPSA) is 75.4 Å². The lowest BCUT2D eigenvalue weighted by Gasteiger charge is -2.28. The number of fused-ring (bicyclic) bond motifs is 1. The highest BCUT2D eigenvalue weighted by Gasteiger charge is 2.28. The summed E-state index contributed by atoms with van der Waals surface area (Å²) in [4.78, 5) is 13.3. The van der Waals surface area contributed by atoms with Crippen LogP contribution < -0.4 is 11.1 Å². The Morgan fingerprint density at radius 3 is 2.62 bits per heavy atom. The third-order valence-electron chi connectivity index (χ3n) is 4.83. The molecule has 6 heteroatoms. The molecule has 24 heavy (non-hydrogen) atoms. The van der Waals surface area contributed by atoms with Gasteiger partial charge in [-0.1, -0.05) is 18.2 Å². The van der Waals surface area contributed by atoms with Crippen molar-refractivity contribution in [3.05, 3.63) is 34.7 Å².